The normalized spacial score (nSPS) is 10.8. The predicted molar refractivity (Wildman–Crippen MR) is 104 cm³/mol. The maximum absolute atomic E-state index is 2.29. The highest BCUT2D eigenvalue weighted by atomic mass is 14.1. The summed E-state index contributed by atoms with van der Waals surface area (Å²) in [7, 11) is 0. The minimum Gasteiger partial charge on any atom is -0.0620 e. The van der Waals surface area contributed by atoms with Crippen molar-refractivity contribution in [3.63, 3.8) is 0 Å². The van der Waals surface area contributed by atoms with E-state index in [2.05, 4.69) is 86.6 Å². The zero-order chi connectivity index (χ0) is 16.8. The molecule has 0 aliphatic rings. The van der Waals surface area contributed by atoms with E-state index in [1.54, 1.807) is 0 Å². The smallest absolute Gasteiger partial charge is 0.00202 e. The summed E-state index contributed by atoms with van der Waals surface area (Å²) in [6.07, 6.45) is 4.23. The fraction of sp³-hybridized carbons (Fsp3) is 0.250. The Balaban J connectivity index is 1.91. The van der Waals surface area contributed by atoms with Crippen molar-refractivity contribution in [1.29, 1.82) is 0 Å². The first-order chi connectivity index (χ1) is 11.8. The monoisotopic (exact) mass is 314 g/mol. The van der Waals surface area contributed by atoms with E-state index in [1.165, 1.54) is 33.4 Å². The van der Waals surface area contributed by atoms with Gasteiger partial charge in [0.15, 0.2) is 0 Å². The summed E-state index contributed by atoms with van der Waals surface area (Å²) in [5.41, 5.74) is 8.73. The molecule has 0 fully saturated rings. The van der Waals surface area contributed by atoms with Crippen molar-refractivity contribution in [2.24, 2.45) is 0 Å². The van der Waals surface area contributed by atoms with Crippen LogP contribution in [0.3, 0.4) is 0 Å². The molecule has 3 rings (SSSR count). The Morgan fingerprint density at radius 1 is 0.417 bits per heavy atom. The van der Waals surface area contributed by atoms with Gasteiger partial charge in [0.05, 0.1) is 0 Å². The second kappa shape index (κ2) is 7.97. The summed E-state index contributed by atoms with van der Waals surface area (Å²) < 4.78 is 0. The van der Waals surface area contributed by atoms with Gasteiger partial charge in [-0.3, -0.25) is 0 Å². The average Bonchev–Trinajstić information content (AvgIpc) is 2.64. The number of hydrogen-bond donors (Lipinski definition) is 0. The topological polar surface area (TPSA) is 0 Å². The molecule has 0 spiro atoms. The van der Waals surface area contributed by atoms with E-state index in [1.807, 2.05) is 0 Å². The molecule has 0 unspecified atom stereocenters. The van der Waals surface area contributed by atoms with Crippen LogP contribution >= 0.6 is 0 Å². The lowest BCUT2D eigenvalue weighted by Crippen LogP contribution is -2.01. The van der Waals surface area contributed by atoms with Gasteiger partial charge in [-0.05, 0) is 59.1 Å². The van der Waals surface area contributed by atoms with Crippen molar-refractivity contribution in [3.8, 4) is 0 Å². The molecule has 3 aromatic carbocycles. The Labute approximate surface area is 146 Å². The van der Waals surface area contributed by atoms with Gasteiger partial charge in [0.25, 0.3) is 0 Å². The third kappa shape index (κ3) is 3.76. The van der Waals surface area contributed by atoms with Crippen molar-refractivity contribution < 1.29 is 0 Å². The molecular formula is C24H26. The summed E-state index contributed by atoms with van der Waals surface area (Å²) in [6.45, 7) is 4.48. The van der Waals surface area contributed by atoms with E-state index in [-0.39, 0.29) is 0 Å². The summed E-state index contributed by atoms with van der Waals surface area (Å²) in [4.78, 5) is 0. The first-order valence-electron chi connectivity index (χ1n) is 9.02. The molecule has 0 radical (unpaired) electrons. The highest BCUT2D eigenvalue weighted by Crippen LogP contribution is 2.22. The van der Waals surface area contributed by atoms with Crippen LogP contribution in [-0.2, 0) is 25.7 Å². The van der Waals surface area contributed by atoms with E-state index < -0.39 is 0 Å². The Morgan fingerprint density at radius 3 is 0.958 bits per heavy atom. The van der Waals surface area contributed by atoms with Gasteiger partial charge in [0.1, 0.15) is 0 Å². The van der Waals surface area contributed by atoms with Gasteiger partial charge in [-0.1, -0.05) is 86.6 Å². The lowest BCUT2D eigenvalue weighted by atomic mass is 9.91. The zero-order valence-corrected chi connectivity index (χ0v) is 14.8. The van der Waals surface area contributed by atoms with Crippen LogP contribution in [0.1, 0.15) is 47.2 Å². The first kappa shape index (κ1) is 16.5. The van der Waals surface area contributed by atoms with Gasteiger partial charge in [-0.2, -0.15) is 0 Å². The van der Waals surface area contributed by atoms with Gasteiger partial charge < -0.3 is 0 Å². The molecule has 0 aromatic heterocycles. The first-order valence-corrected chi connectivity index (χ1v) is 9.02. The second-order valence-corrected chi connectivity index (χ2v) is 6.37. The standard InChI is InChI=1S/C24H26/c1-3-19-11-5-7-13-21(19)17-23-15-9-10-16-24(23)18-22-14-8-6-12-20(22)4-2/h5-16H,3-4,17-18H2,1-2H3. The molecule has 24 heavy (non-hydrogen) atoms. The SMILES string of the molecule is CCc1ccccc1Cc1ccccc1Cc1ccccc1CC. The van der Waals surface area contributed by atoms with Gasteiger partial charge in [-0.25, -0.2) is 0 Å². The van der Waals surface area contributed by atoms with Crippen LogP contribution < -0.4 is 0 Å². The van der Waals surface area contributed by atoms with Gasteiger partial charge in [-0.15, -0.1) is 0 Å². The van der Waals surface area contributed by atoms with E-state index in [9.17, 15) is 0 Å². The lowest BCUT2D eigenvalue weighted by Gasteiger charge is -2.14. The highest BCUT2D eigenvalue weighted by molar-refractivity contribution is 5.40. The Bertz CT molecular complexity index is 730. The predicted octanol–water partition coefficient (Wildman–Crippen LogP) is 5.99. The molecule has 0 bridgehead atoms. The van der Waals surface area contributed by atoms with Crippen molar-refractivity contribution in [1.82, 2.24) is 0 Å². The highest BCUT2D eigenvalue weighted by Gasteiger charge is 2.08. The van der Waals surface area contributed by atoms with Crippen LogP contribution in [0.4, 0.5) is 0 Å². The zero-order valence-electron chi connectivity index (χ0n) is 14.8. The van der Waals surface area contributed by atoms with Crippen LogP contribution in [0.2, 0.25) is 0 Å². The number of rotatable bonds is 6. The molecule has 0 nitrogen and oxygen atoms in total. The van der Waals surface area contributed by atoms with Crippen molar-refractivity contribution in [2.75, 3.05) is 0 Å². The van der Waals surface area contributed by atoms with E-state index in [0.717, 1.165) is 25.7 Å². The molecule has 0 saturated heterocycles. The molecule has 0 aliphatic carbocycles. The number of benzene rings is 3. The van der Waals surface area contributed by atoms with Crippen molar-refractivity contribution in [3.05, 3.63) is 106 Å². The van der Waals surface area contributed by atoms with Gasteiger partial charge in [0, 0.05) is 0 Å². The summed E-state index contributed by atoms with van der Waals surface area (Å²) in [5.74, 6) is 0. The molecule has 3 aromatic rings. The molecule has 0 amide bonds. The largest absolute Gasteiger partial charge is 0.0620 e. The third-order valence-electron chi connectivity index (χ3n) is 4.88. The number of aryl methyl sites for hydroxylation is 2. The van der Waals surface area contributed by atoms with Crippen LogP contribution in [0.15, 0.2) is 72.8 Å². The Kier molecular flexibility index (Phi) is 5.48. The molecule has 0 heteroatoms. The van der Waals surface area contributed by atoms with E-state index >= 15 is 0 Å². The quantitative estimate of drug-likeness (QED) is 0.524. The molecule has 0 atom stereocenters. The summed E-state index contributed by atoms with van der Waals surface area (Å²) >= 11 is 0. The molecule has 0 N–H and O–H groups in total. The Hall–Kier alpha value is -2.34. The summed E-state index contributed by atoms with van der Waals surface area (Å²) in [6, 6.07) is 26.6. The molecule has 0 heterocycles. The third-order valence-corrected chi connectivity index (χ3v) is 4.88. The maximum atomic E-state index is 2.29. The Morgan fingerprint density at radius 2 is 0.667 bits per heavy atom. The van der Waals surface area contributed by atoms with E-state index in [0.29, 0.717) is 0 Å². The molecular weight excluding hydrogens is 288 g/mol. The van der Waals surface area contributed by atoms with Crippen molar-refractivity contribution in [2.45, 2.75) is 39.5 Å². The van der Waals surface area contributed by atoms with Gasteiger partial charge >= 0.3 is 0 Å². The molecule has 0 aliphatic heterocycles. The number of hydrogen-bond acceptors (Lipinski definition) is 0. The minimum atomic E-state index is 1.02. The van der Waals surface area contributed by atoms with Crippen LogP contribution in [-0.4, -0.2) is 0 Å². The van der Waals surface area contributed by atoms with Crippen LogP contribution in [0.5, 0.6) is 0 Å². The van der Waals surface area contributed by atoms with E-state index in [4.69, 9.17) is 0 Å². The second-order valence-electron chi connectivity index (χ2n) is 6.37. The maximum Gasteiger partial charge on any atom is -0.00202 e. The van der Waals surface area contributed by atoms with Crippen LogP contribution in [0.25, 0.3) is 0 Å². The fourth-order valence-corrected chi connectivity index (χ4v) is 3.46. The fourth-order valence-electron chi connectivity index (χ4n) is 3.46. The van der Waals surface area contributed by atoms with Gasteiger partial charge in [0.2, 0.25) is 0 Å². The molecule has 122 valence electrons. The van der Waals surface area contributed by atoms with Crippen molar-refractivity contribution >= 4 is 0 Å². The lowest BCUT2D eigenvalue weighted by molar-refractivity contribution is 1.02. The molecule has 0 saturated carbocycles. The van der Waals surface area contributed by atoms with Crippen LogP contribution in [0, 0.1) is 0 Å². The minimum absolute atomic E-state index is 1.02. The average molecular weight is 314 g/mol. The summed E-state index contributed by atoms with van der Waals surface area (Å²) in [5, 5.41) is 0.